The molecule has 0 spiro atoms. The lowest BCUT2D eigenvalue weighted by molar-refractivity contribution is 0.267. The summed E-state index contributed by atoms with van der Waals surface area (Å²) in [6, 6.07) is 14.3. The molecule has 0 amide bonds. The van der Waals surface area contributed by atoms with Gasteiger partial charge in [-0.1, -0.05) is 30.3 Å². The van der Waals surface area contributed by atoms with Gasteiger partial charge in [0.25, 0.3) is 0 Å². The highest BCUT2D eigenvalue weighted by atomic mass is 79.9. The molecule has 2 aromatic rings. The van der Waals surface area contributed by atoms with Crippen molar-refractivity contribution in [1.82, 2.24) is 10.2 Å². The summed E-state index contributed by atoms with van der Waals surface area (Å²) in [5.41, 5.74) is 2.30. The van der Waals surface area contributed by atoms with Crippen molar-refractivity contribution in [2.24, 2.45) is 0 Å². The normalized spacial score (nSPS) is 10.9. The van der Waals surface area contributed by atoms with Gasteiger partial charge in [-0.05, 0) is 60.2 Å². The molecule has 0 heterocycles. The molecule has 0 aliphatic rings. The number of rotatable bonds is 10. The fourth-order valence-electron chi connectivity index (χ4n) is 2.39. The molecule has 0 aliphatic heterocycles. The van der Waals surface area contributed by atoms with E-state index in [1.807, 2.05) is 25.1 Å². The van der Waals surface area contributed by atoms with Crippen LogP contribution < -0.4 is 14.8 Å². The first kappa shape index (κ1) is 19.8. The van der Waals surface area contributed by atoms with Gasteiger partial charge in [0.2, 0.25) is 0 Å². The average molecular weight is 407 g/mol. The van der Waals surface area contributed by atoms with Gasteiger partial charge in [-0.15, -0.1) is 0 Å². The van der Waals surface area contributed by atoms with Gasteiger partial charge in [0.15, 0.2) is 11.5 Å². The van der Waals surface area contributed by atoms with Gasteiger partial charge in [-0.2, -0.15) is 0 Å². The molecule has 0 saturated heterocycles. The van der Waals surface area contributed by atoms with E-state index in [4.69, 9.17) is 9.47 Å². The highest BCUT2D eigenvalue weighted by Crippen LogP contribution is 2.37. The Bertz CT molecular complexity index is 648. The first-order chi connectivity index (χ1) is 12.1. The molecule has 25 heavy (non-hydrogen) atoms. The van der Waals surface area contributed by atoms with Crippen molar-refractivity contribution >= 4 is 15.9 Å². The molecule has 0 saturated carbocycles. The standard InChI is InChI=1S/C20H27BrN2O2/c1-4-24-19-13-17(14-22-10-11-23(2)3)12-18(21)20(19)25-15-16-8-6-5-7-9-16/h5-9,12-13,22H,4,10-11,14-15H2,1-3H3. The van der Waals surface area contributed by atoms with E-state index in [0.717, 1.165) is 41.2 Å². The summed E-state index contributed by atoms with van der Waals surface area (Å²) in [5, 5.41) is 3.45. The summed E-state index contributed by atoms with van der Waals surface area (Å²) in [5.74, 6) is 1.53. The molecule has 0 aliphatic carbocycles. The van der Waals surface area contributed by atoms with Gasteiger partial charge < -0.3 is 19.7 Å². The van der Waals surface area contributed by atoms with Crippen LogP contribution in [0.1, 0.15) is 18.1 Å². The molecule has 4 nitrogen and oxygen atoms in total. The second-order valence-electron chi connectivity index (χ2n) is 6.09. The molecule has 5 heteroatoms. The van der Waals surface area contributed by atoms with Crippen LogP contribution in [0.2, 0.25) is 0 Å². The van der Waals surface area contributed by atoms with E-state index >= 15 is 0 Å². The number of nitrogens with zero attached hydrogens (tertiary/aromatic N) is 1. The van der Waals surface area contributed by atoms with E-state index in [-0.39, 0.29) is 0 Å². The smallest absolute Gasteiger partial charge is 0.175 e. The van der Waals surface area contributed by atoms with Crippen molar-refractivity contribution in [3.05, 3.63) is 58.1 Å². The molecule has 0 aromatic heterocycles. The van der Waals surface area contributed by atoms with E-state index in [1.54, 1.807) is 0 Å². The molecule has 1 N–H and O–H groups in total. The quantitative estimate of drug-likeness (QED) is 0.602. The maximum Gasteiger partial charge on any atom is 0.175 e. The molecule has 0 radical (unpaired) electrons. The third-order valence-corrected chi connectivity index (χ3v) is 4.25. The van der Waals surface area contributed by atoms with Gasteiger partial charge >= 0.3 is 0 Å². The number of likely N-dealkylation sites (N-methyl/N-ethyl adjacent to an activating group) is 1. The fraction of sp³-hybridized carbons (Fsp3) is 0.400. The second-order valence-corrected chi connectivity index (χ2v) is 6.95. The Hall–Kier alpha value is -1.56. The Morgan fingerprint density at radius 2 is 1.80 bits per heavy atom. The lowest BCUT2D eigenvalue weighted by Gasteiger charge is -2.16. The molecule has 136 valence electrons. The van der Waals surface area contributed by atoms with Crippen molar-refractivity contribution in [2.75, 3.05) is 33.8 Å². The monoisotopic (exact) mass is 406 g/mol. The summed E-state index contributed by atoms with van der Waals surface area (Å²) in [6.07, 6.45) is 0. The van der Waals surface area contributed by atoms with E-state index in [9.17, 15) is 0 Å². The highest BCUT2D eigenvalue weighted by molar-refractivity contribution is 9.10. The number of halogens is 1. The minimum atomic E-state index is 0.514. The summed E-state index contributed by atoms with van der Waals surface area (Å²) < 4.78 is 12.7. The lowest BCUT2D eigenvalue weighted by Crippen LogP contribution is -2.26. The van der Waals surface area contributed by atoms with Gasteiger partial charge in [0.1, 0.15) is 6.61 Å². The molecule has 0 fully saturated rings. The van der Waals surface area contributed by atoms with Crippen LogP contribution in [-0.2, 0) is 13.2 Å². The summed E-state index contributed by atoms with van der Waals surface area (Å²) in [6.45, 7) is 5.85. The second kappa shape index (κ2) is 10.4. The fourth-order valence-corrected chi connectivity index (χ4v) is 3.00. The largest absolute Gasteiger partial charge is 0.490 e. The van der Waals surface area contributed by atoms with Crippen LogP contribution in [0.15, 0.2) is 46.9 Å². The van der Waals surface area contributed by atoms with Crippen LogP contribution in [0, 0.1) is 0 Å². The minimum Gasteiger partial charge on any atom is -0.490 e. The van der Waals surface area contributed by atoms with Gasteiger partial charge in [0, 0.05) is 19.6 Å². The highest BCUT2D eigenvalue weighted by Gasteiger charge is 2.12. The molecular weight excluding hydrogens is 380 g/mol. The van der Waals surface area contributed by atoms with E-state index < -0.39 is 0 Å². The summed E-state index contributed by atoms with van der Waals surface area (Å²) in [4.78, 5) is 2.16. The van der Waals surface area contributed by atoms with Crippen molar-refractivity contribution in [3.63, 3.8) is 0 Å². The molecule has 2 rings (SSSR count). The predicted molar refractivity (Wildman–Crippen MR) is 106 cm³/mol. The zero-order valence-electron chi connectivity index (χ0n) is 15.2. The third-order valence-electron chi connectivity index (χ3n) is 3.66. The Kier molecular flexibility index (Phi) is 8.25. The minimum absolute atomic E-state index is 0.514. The zero-order valence-corrected chi connectivity index (χ0v) is 16.8. The molecule has 0 atom stereocenters. The van der Waals surface area contributed by atoms with Crippen LogP contribution in [-0.4, -0.2) is 38.7 Å². The predicted octanol–water partition coefficient (Wildman–Crippen LogP) is 4.08. The first-order valence-corrected chi connectivity index (χ1v) is 9.36. The summed E-state index contributed by atoms with van der Waals surface area (Å²) >= 11 is 3.63. The van der Waals surface area contributed by atoms with Crippen LogP contribution in [0.3, 0.4) is 0 Å². The van der Waals surface area contributed by atoms with Crippen LogP contribution >= 0.6 is 15.9 Å². The Labute approximate surface area is 159 Å². The SMILES string of the molecule is CCOc1cc(CNCCN(C)C)cc(Br)c1OCc1ccccc1. The van der Waals surface area contributed by atoms with E-state index in [2.05, 4.69) is 64.5 Å². The van der Waals surface area contributed by atoms with Crippen molar-refractivity contribution in [1.29, 1.82) is 0 Å². The molecule has 2 aromatic carbocycles. The first-order valence-electron chi connectivity index (χ1n) is 8.57. The average Bonchev–Trinajstić information content (AvgIpc) is 2.59. The Morgan fingerprint density at radius 3 is 2.48 bits per heavy atom. The summed E-state index contributed by atoms with van der Waals surface area (Å²) in [7, 11) is 4.15. The van der Waals surface area contributed by atoms with E-state index in [1.165, 1.54) is 5.56 Å². The van der Waals surface area contributed by atoms with Crippen molar-refractivity contribution in [3.8, 4) is 11.5 Å². The Morgan fingerprint density at radius 1 is 1.04 bits per heavy atom. The van der Waals surface area contributed by atoms with Gasteiger partial charge in [-0.3, -0.25) is 0 Å². The molecule has 0 bridgehead atoms. The Balaban J connectivity index is 2.05. The van der Waals surface area contributed by atoms with Crippen LogP contribution in [0.25, 0.3) is 0 Å². The zero-order chi connectivity index (χ0) is 18.1. The number of ether oxygens (including phenoxy) is 2. The van der Waals surface area contributed by atoms with E-state index in [0.29, 0.717) is 13.2 Å². The van der Waals surface area contributed by atoms with Crippen LogP contribution in [0.4, 0.5) is 0 Å². The third kappa shape index (κ3) is 6.69. The molecule has 0 unspecified atom stereocenters. The van der Waals surface area contributed by atoms with Crippen molar-refractivity contribution in [2.45, 2.75) is 20.1 Å². The maximum absolute atomic E-state index is 6.02. The van der Waals surface area contributed by atoms with Crippen molar-refractivity contribution < 1.29 is 9.47 Å². The maximum atomic E-state index is 6.02. The van der Waals surface area contributed by atoms with Gasteiger partial charge in [-0.25, -0.2) is 0 Å². The topological polar surface area (TPSA) is 33.7 Å². The number of benzene rings is 2. The number of hydrogen-bond donors (Lipinski definition) is 1. The number of nitrogens with one attached hydrogen (secondary N) is 1. The van der Waals surface area contributed by atoms with Gasteiger partial charge in [0.05, 0.1) is 11.1 Å². The molecular formula is C20H27BrN2O2. The van der Waals surface area contributed by atoms with Crippen LogP contribution in [0.5, 0.6) is 11.5 Å². The lowest BCUT2D eigenvalue weighted by atomic mass is 10.2. The number of hydrogen-bond acceptors (Lipinski definition) is 4.